The van der Waals surface area contributed by atoms with Crippen LogP contribution in [0.15, 0.2) is 53.3 Å². The first-order valence-electron chi connectivity index (χ1n) is 8.59. The molecule has 0 radical (unpaired) electrons. The zero-order chi connectivity index (χ0) is 19.2. The lowest BCUT2D eigenvalue weighted by molar-refractivity contribution is -0.122. The highest BCUT2D eigenvalue weighted by Crippen LogP contribution is 2.05. The number of hydrazine groups is 1. The Balaban J connectivity index is 1.54. The zero-order valence-electron chi connectivity index (χ0n) is 14.8. The third kappa shape index (κ3) is 4.35. The Labute approximate surface area is 155 Å². The summed E-state index contributed by atoms with van der Waals surface area (Å²) in [4.78, 5) is 36.3. The molecule has 0 aliphatic rings. The summed E-state index contributed by atoms with van der Waals surface area (Å²) in [6, 6.07) is 14.0. The maximum absolute atomic E-state index is 12.3. The van der Waals surface area contributed by atoms with Gasteiger partial charge in [0.15, 0.2) is 0 Å². The summed E-state index contributed by atoms with van der Waals surface area (Å²) in [6.45, 7) is 2.09. The van der Waals surface area contributed by atoms with Gasteiger partial charge in [-0.2, -0.15) is 0 Å². The second kappa shape index (κ2) is 8.22. The van der Waals surface area contributed by atoms with Crippen molar-refractivity contribution in [1.82, 2.24) is 25.8 Å². The fourth-order valence-corrected chi connectivity index (χ4v) is 2.53. The molecule has 2 aromatic carbocycles. The van der Waals surface area contributed by atoms with Crippen molar-refractivity contribution in [3.63, 3.8) is 0 Å². The second-order valence-electron chi connectivity index (χ2n) is 5.94. The molecule has 2 amide bonds. The molecule has 0 atom stereocenters. The molecular weight excluding hydrogens is 346 g/mol. The first kappa shape index (κ1) is 18.2. The van der Waals surface area contributed by atoms with Crippen LogP contribution in [0.5, 0.6) is 0 Å². The van der Waals surface area contributed by atoms with Gasteiger partial charge in [-0.15, -0.1) is 5.10 Å². The fraction of sp³-hybridized carbons (Fsp3) is 0.211. The number of aryl methyl sites for hydroxylation is 2. The van der Waals surface area contributed by atoms with E-state index < -0.39 is 11.8 Å². The molecule has 0 spiro atoms. The van der Waals surface area contributed by atoms with Crippen molar-refractivity contribution in [2.45, 2.75) is 26.3 Å². The van der Waals surface area contributed by atoms with Crippen molar-refractivity contribution < 1.29 is 9.59 Å². The molecule has 138 valence electrons. The maximum Gasteiger partial charge on any atom is 0.277 e. The lowest BCUT2D eigenvalue weighted by Gasteiger charge is -2.08. The van der Waals surface area contributed by atoms with E-state index >= 15 is 0 Å². The van der Waals surface area contributed by atoms with Gasteiger partial charge < -0.3 is 0 Å². The Morgan fingerprint density at radius 2 is 1.78 bits per heavy atom. The summed E-state index contributed by atoms with van der Waals surface area (Å²) in [6.07, 6.45) is 0.859. The van der Waals surface area contributed by atoms with E-state index in [9.17, 15) is 14.4 Å². The normalized spacial score (nSPS) is 10.6. The lowest BCUT2D eigenvalue weighted by Crippen LogP contribution is -2.42. The summed E-state index contributed by atoms with van der Waals surface area (Å²) >= 11 is 0. The van der Waals surface area contributed by atoms with Gasteiger partial charge in [-0.05, 0) is 36.2 Å². The number of carbonyl (C=O) groups excluding carboxylic acids is 2. The standard InChI is InChI=1S/C19H19N5O3/c1-2-13-7-9-14(10-8-13)18(26)22-21-17(25)11-12-24-19(27)15-5-3-4-6-16(15)20-23-24/h3-10H,2,11-12H2,1H3,(H,21,25)(H,22,26). The largest absolute Gasteiger partial charge is 0.277 e. The van der Waals surface area contributed by atoms with Crippen molar-refractivity contribution in [3.8, 4) is 0 Å². The van der Waals surface area contributed by atoms with Crippen LogP contribution in [-0.4, -0.2) is 26.8 Å². The predicted molar refractivity (Wildman–Crippen MR) is 99.8 cm³/mol. The van der Waals surface area contributed by atoms with Gasteiger partial charge in [-0.3, -0.25) is 25.2 Å². The van der Waals surface area contributed by atoms with E-state index in [0.29, 0.717) is 16.5 Å². The Morgan fingerprint density at radius 1 is 1.04 bits per heavy atom. The third-order valence-electron chi connectivity index (χ3n) is 4.12. The topological polar surface area (TPSA) is 106 Å². The summed E-state index contributed by atoms with van der Waals surface area (Å²) in [5.41, 5.74) is 6.45. The van der Waals surface area contributed by atoms with E-state index in [1.54, 1.807) is 36.4 Å². The SMILES string of the molecule is CCc1ccc(C(=O)NNC(=O)CCn2nnc3ccccc3c2=O)cc1. The molecule has 0 saturated heterocycles. The monoisotopic (exact) mass is 365 g/mol. The number of nitrogens with one attached hydrogen (secondary N) is 2. The number of amides is 2. The molecular formula is C19H19N5O3. The van der Waals surface area contributed by atoms with Crippen LogP contribution >= 0.6 is 0 Å². The number of carbonyl (C=O) groups is 2. The number of hydrogen-bond acceptors (Lipinski definition) is 5. The van der Waals surface area contributed by atoms with Gasteiger partial charge in [0.1, 0.15) is 5.52 Å². The average Bonchev–Trinajstić information content (AvgIpc) is 2.71. The minimum absolute atomic E-state index is 0.0258. The van der Waals surface area contributed by atoms with Crippen molar-refractivity contribution in [2.24, 2.45) is 0 Å². The molecule has 3 aromatic rings. The Bertz CT molecular complexity index is 1030. The summed E-state index contributed by atoms with van der Waals surface area (Å²) in [5, 5.41) is 8.23. The molecule has 0 aliphatic heterocycles. The van der Waals surface area contributed by atoms with Crippen molar-refractivity contribution in [2.75, 3.05) is 0 Å². The molecule has 1 heterocycles. The highest BCUT2D eigenvalue weighted by atomic mass is 16.2. The molecule has 3 rings (SSSR count). The number of fused-ring (bicyclic) bond motifs is 1. The van der Waals surface area contributed by atoms with Crippen LogP contribution in [0.25, 0.3) is 10.9 Å². The smallest absolute Gasteiger partial charge is 0.273 e. The Hall–Kier alpha value is -3.55. The summed E-state index contributed by atoms with van der Waals surface area (Å²) in [5.74, 6) is -0.843. The van der Waals surface area contributed by atoms with Crippen molar-refractivity contribution >= 4 is 22.7 Å². The number of rotatable bonds is 5. The van der Waals surface area contributed by atoms with Crippen LogP contribution in [0.2, 0.25) is 0 Å². The number of aromatic nitrogens is 3. The molecule has 27 heavy (non-hydrogen) atoms. The molecule has 1 aromatic heterocycles. The van der Waals surface area contributed by atoms with Crippen LogP contribution in [0.3, 0.4) is 0 Å². The summed E-state index contributed by atoms with van der Waals surface area (Å²) in [7, 11) is 0. The van der Waals surface area contributed by atoms with Gasteiger partial charge >= 0.3 is 0 Å². The Kier molecular flexibility index (Phi) is 5.55. The highest BCUT2D eigenvalue weighted by Gasteiger charge is 2.10. The van der Waals surface area contributed by atoms with E-state index in [1.807, 2.05) is 19.1 Å². The van der Waals surface area contributed by atoms with E-state index in [1.165, 1.54) is 0 Å². The third-order valence-corrected chi connectivity index (χ3v) is 4.12. The predicted octanol–water partition coefficient (Wildman–Crippen LogP) is 1.21. The Morgan fingerprint density at radius 3 is 2.52 bits per heavy atom. The van der Waals surface area contributed by atoms with Crippen LogP contribution in [0.4, 0.5) is 0 Å². The molecule has 0 unspecified atom stereocenters. The van der Waals surface area contributed by atoms with E-state index in [2.05, 4.69) is 21.2 Å². The molecule has 2 N–H and O–H groups in total. The number of hydrogen-bond donors (Lipinski definition) is 2. The van der Waals surface area contributed by atoms with Crippen LogP contribution in [0, 0.1) is 0 Å². The number of benzene rings is 2. The zero-order valence-corrected chi connectivity index (χ0v) is 14.8. The minimum Gasteiger partial charge on any atom is -0.273 e. The number of nitrogens with zero attached hydrogens (tertiary/aromatic N) is 3. The highest BCUT2D eigenvalue weighted by molar-refractivity contribution is 5.95. The van der Waals surface area contributed by atoms with Gasteiger partial charge in [0.25, 0.3) is 11.5 Å². The molecule has 0 bridgehead atoms. The second-order valence-corrected chi connectivity index (χ2v) is 5.94. The van der Waals surface area contributed by atoms with Crippen molar-refractivity contribution in [1.29, 1.82) is 0 Å². The van der Waals surface area contributed by atoms with Crippen molar-refractivity contribution in [3.05, 3.63) is 70.0 Å². The van der Waals surface area contributed by atoms with E-state index in [4.69, 9.17) is 0 Å². The van der Waals surface area contributed by atoms with Gasteiger partial charge in [0.2, 0.25) is 5.91 Å². The van der Waals surface area contributed by atoms with E-state index in [0.717, 1.165) is 16.7 Å². The molecule has 8 heteroatoms. The first-order valence-corrected chi connectivity index (χ1v) is 8.59. The first-order chi connectivity index (χ1) is 13.1. The van der Waals surface area contributed by atoms with Crippen LogP contribution in [0.1, 0.15) is 29.3 Å². The fourth-order valence-electron chi connectivity index (χ4n) is 2.53. The van der Waals surface area contributed by atoms with Crippen LogP contribution < -0.4 is 16.4 Å². The van der Waals surface area contributed by atoms with Crippen LogP contribution in [-0.2, 0) is 17.8 Å². The molecule has 8 nitrogen and oxygen atoms in total. The molecule has 0 fully saturated rings. The lowest BCUT2D eigenvalue weighted by atomic mass is 10.1. The van der Waals surface area contributed by atoms with Gasteiger partial charge in [0, 0.05) is 12.0 Å². The van der Waals surface area contributed by atoms with Gasteiger partial charge in [-0.1, -0.05) is 36.4 Å². The quantitative estimate of drug-likeness (QED) is 0.661. The molecule has 0 aliphatic carbocycles. The summed E-state index contributed by atoms with van der Waals surface area (Å²) < 4.78 is 1.13. The van der Waals surface area contributed by atoms with Gasteiger partial charge in [0.05, 0.1) is 11.9 Å². The molecule has 0 saturated carbocycles. The average molecular weight is 365 g/mol. The maximum atomic E-state index is 12.3. The minimum atomic E-state index is -0.435. The van der Waals surface area contributed by atoms with Gasteiger partial charge in [-0.25, -0.2) is 4.68 Å². The van der Waals surface area contributed by atoms with E-state index in [-0.39, 0.29) is 18.5 Å².